The number of fused-ring (bicyclic) bond motifs is 1. The molecule has 1 amide bonds. The molecular formula is C15H19N3O2. The van der Waals surface area contributed by atoms with Crippen LogP contribution in [0.1, 0.15) is 36.4 Å². The second-order valence-electron chi connectivity index (χ2n) is 4.91. The molecule has 1 aliphatic rings. The van der Waals surface area contributed by atoms with Crippen LogP contribution < -0.4 is 15.8 Å². The minimum absolute atomic E-state index is 0.0422. The van der Waals surface area contributed by atoms with E-state index in [4.69, 9.17) is 15.7 Å². The van der Waals surface area contributed by atoms with Gasteiger partial charge in [-0.1, -0.05) is 6.07 Å². The number of carbonyl (C=O) groups excluding carboxylic acids is 1. The van der Waals surface area contributed by atoms with Gasteiger partial charge < -0.3 is 15.8 Å². The SMILES string of the molecule is N#CCCNC(=O)COc1ccc2c(c1)[C@@H](N)CCC2. The fourth-order valence-electron chi connectivity index (χ4n) is 2.36. The Bertz CT molecular complexity index is 522. The molecular weight excluding hydrogens is 254 g/mol. The number of benzene rings is 1. The maximum Gasteiger partial charge on any atom is 0.257 e. The van der Waals surface area contributed by atoms with E-state index < -0.39 is 0 Å². The van der Waals surface area contributed by atoms with Gasteiger partial charge >= 0.3 is 0 Å². The molecule has 0 fully saturated rings. The Balaban J connectivity index is 1.89. The average molecular weight is 273 g/mol. The summed E-state index contributed by atoms with van der Waals surface area (Å²) in [6.07, 6.45) is 3.47. The highest BCUT2D eigenvalue weighted by Crippen LogP contribution is 2.30. The molecule has 0 spiro atoms. The van der Waals surface area contributed by atoms with Crippen molar-refractivity contribution in [2.24, 2.45) is 5.73 Å². The lowest BCUT2D eigenvalue weighted by molar-refractivity contribution is -0.123. The summed E-state index contributed by atoms with van der Waals surface area (Å²) in [7, 11) is 0. The highest BCUT2D eigenvalue weighted by Gasteiger charge is 2.17. The number of hydrogen-bond donors (Lipinski definition) is 2. The molecule has 1 aromatic rings. The normalized spacial score (nSPS) is 16.9. The number of ether oxygens (including phenoxy) is 1. The first-order chi connectivity index (χ1) is 9.70. The zero-order valence-corrected chi connectivity index (χ0v) is 11.4. The minimum atomic E-state index is -0.220. The third-order valence-corrected chi connectivity index (χ3v) is 3.41. The van der Waals surface area contributed by atoms with Crippen LogP contribution in [0.4, 0.5) is 0 Å². The largest absolute Gasteiger partial charge is 0.484 e. The zero-order chi connectivity index (χ0) is 14.4. The van der Waals surface area contributed by atoms with Gasteiger partial charge in [0.05, 0.1) is 12.5 Å². The van der Waals surface area contributed by atoms with Gasteiger partial charge in [-0.05, 0) is 42.5 Å². The first-order valence-electron chi connectivity index (χ1n) is 6.85. The third-order valence-electron chi connectivity index (χ3n) is 3.41. The molecule has 0 unspecified atom stereocenters. The van der Waals surface area contributed by atoms with Gasteiger partial charge in [0, 0.05) is 12.6 Å². The van der Waals surface area contributed by atoms with Crippen molar-refractivity contribution in [3.8, 4) is 11.8 Å². The Morgan fingerprint density at radius 1 is 1.55 bits per heavy atom. The Hall–Kier alpha value is -2.06. The summed E-state index contributed by atoms with van der Waals surface area (Å²) in [5.41, 5.74) is 8.48. The van der Waals surface area contributed by atoms with E-state index in [2.05, 4.69) is 5.32 Å². The van der Waals surface area contributed by atoms with Gasteiger partial charge in [-0.2, -0.15) is 5.26 Å². The van der Waals surface area contributed by atoms with Gasteiger partial charge in [-0.15, -0.1) is 0 Å². The fraction of sp³-hybridized carbons (Fsp3) is 0.467. The van der Waals surface area contributed by atoms with E-state index in [1.165, 1.54) is 5.56 Å². The van der Waals surface area contributed by atoms with Crippen molar-refractivity contribution in [3.63, 3.8) is 0 Å². The van der Waals surface area contributed by atoms with Crippen molar-refractivity contribution in [2.45, 2.75) is 31.7 Å². The van der Waals surface area contributed by atoms with E-state index in [0.717, 1.165) is 24.8 Å². The van der Waals surface area contributed by atoms with E-state index in [-0.39, 0.29) is 18.6 Å². The number of hydrogen-bond acceptors (Lipinski definition) is 4. The molecule has 0 bridgehead atoms. The minimum Gasteiger partial charge on any atom is -0.484 e. The Morgan fingerprint density at radius 3 is 3.20 bits per heavy atom. The van der Waals surface area contributed by atoms with Gasteiger partial charge in [0.25, 0.3) is 5.91 Å². The summed E-state index contributed by atoms with van der Waals surface area (Å²) in [5.74, 6) is 0.443. The molecule has 3 N–H and O–H groups in total. The molecule has 0 heterocycles. The summed E-state index contributed by atoms with van der Waals surface area (Å²) in [5, 5.41) is 11.0. The highest BCUT2D eigenvalue weighted by atomic mass is 16.5. The van der Waals surface area contributed by atoms with Crippen LogP contribution in [-0.4, -0.2) is 19.1 Å². The van der Waals surface area contributed by atoms with Crippen molar-refractivity contribution >= 4 is 5.91 Å². The molecule has 0 aromatic heterocycles. The van der Waals surface area contributed by atoms with Gasteiger partial charge in [-0.3, -0.25) is 4.79 Å². The second kappa shape index (κ2) is 6.92. The number of amides is 1. The molecule has 1 aromatic carbocycles. The number of carbonyl (C=O) groups is 1. The predicted octanol–water partition coefficient (Wildman–Crippen LogP) is 1.43. The molecule has 1 atom stereocenters. The van der Waals surface area contributed by atoms with Crippen LogP contribution in [0.3, 0.4) is 0 Å². The van der Waals surface area contributed by atoms with E-state index in [1.807, 2.05) is 24.3 Å². The number of nitriles is 1. The van der Waals surface area contributed by atoms with Crippen molar-refractivity contribution in [1.82, 2.24) is 5.32 Å². The van der Waals surface area contributed by atoms with E-state index in [1.54, 1.807) is 0 Å². The van der Waals surface area contributed by atoms with Crippen molar-refractivity contribution < 1.29 is 9.53 Å². The van der Waals surface area contributed by atoms with Crippen LogP contribution in [-0.2, 0) is 11.2 Å². The Kier molecular flexibility index (Phi) is 4.97. The van der Waals surface area contributed by atoms with E-state index in [9.17, 15) is 4.79 Å². The molecule has 1 aliphatic carbocycles. The number of nitrogens with two attached hydrogens (primary N) is 1. The molecule has 106 valence electrons. The first kappa shape index (κ1) is 14.4. The molecule has 0 aliphatic heterocycles. The molecule has 0 saturated heterocycles. The predicted molar refractivity (Wildman–Crippen MR) is 75.0 cm³/mol. The average Bonchev–Trinajstić information content (AvgIpc) is 2.46. The Labute approximate surface area is 118 Å². The lowest BCUT2D eigenvalue weighted by atomic mass is 9.88. The van der Waals surface area contributed by atoms with Crippen LogP contribution in [0.5, 0.6) is 5.75 Å². The summed E-state index contributed by atoms with van der Waals surface area (Å²) >= 11 is 0. The van der Waals surface area contributed by atoms with Gasteiger partial charge in [0.15, 0.2) is 6.61 Å². The summed E-state index contributed by atoms with van der Waals surface area (Å²) in [6, 6.07) is 7.86. The number of nitrogens with zero attached hydrogens (tertiary/aromatic N) is 1. The monoisotopic (exact) mass is 273 g/mol. The number of aryl methyl sites for hydroxylation is 1. The molecule has 20 heavy (non-hydrogen) atoms. The van der Waals surface area contributed by atoms with Crippen molar-refractivity contribution in [1.29, 1.82) is 5.26 Å². The van der Waals surface area contributed by atoms with E-state index in [0.29, 0.717) is 18.7 Å². The van der Waals surface area contributed by atoms with Crippen molar-refractivity contribution in [3.05, 3.63) is 29.3 Å². The first-order valence-corrected chi connectivity index (χ1v) is 6.85. The van der Waals surface area contributed by atoms with E-state index >= 15 is 0 Å². The third kappa shape index (κ3) is 3.72. The molecule has 0 saturated carbocycles. The molecule has 0 radical (unpaired) electrons. The molecule has 5 heteroatoms. The van der Waals surface area contributed by atoms with Crippen LogP contribution in [0.2, 0.25) is 0 Å². The zero-order valence-electron chi connectivity index (χ0n) is 11.4. The smallest absolute Gasteiger partial charge is 0.257 e. The van der Waals surface area contributed by atoms with Crippen molar-refractivity contribution in [2.75, 3.05) is 13.2 Å². The number of nitrogens with one attached hydrogen (secondary N) is 1. The lowest BCUT2D eigenvalue weighted by Crippen LogP contribution is -2.29. The Morgan fingerprint density at radius 2 is 2.40 bits per heavy atom. The standard InChI is InChI=1S/C15H19N3O2/c16-7-2-8-18-15(19)10-20-12-6-5-11-3-1-4-14(17)13(11)9-12/h5-6,9,14H,1-4,8,10,17H2,(H,18,19)/t14-/m0/s1. The van der Waals surface area contributed by atoms with Crippen LogP contribution in [0.25, 0.3) is 0 Å². The maximum absolute atomic E-state index is 11.5. The molecule has 2 rings (SSSR count). The topological polar surface area (TPSA) is 88.1 Å². The fourth-order valence-corrected chi connectivity index (χ4v) is 2.36. The summed E-state index contributed by atoms with van der Waals surface area (Å²) in [6.45, 7) is 0.313. The maximum atomic E-state index is 11.5. The lowest BCUT2D eigenvalue weighted by Gasteiger charge is -2.22. The second-order valence-corrected chi connectivity index (χ2v) is 4.91. The van der Waals surface area contributed by atoms with Gasteiger partial charge in [0.2, 0.25) is 0 Å². The van der Waals surface area contributed by atoms with Crippen LogP contribution in [0, 0.1) is 11.3 Å². The van der Waals surface area contributed by atoms with Crippen LogP contribution >= 0.6 is 0 Å². The quantitative estimate of drug-likeness (QED) is 0.794. The highest BCUT2D eigenvalue weighted by molar-refractivity contribution is 5.77. The summed E-state index contributed by atoms with van der Waals surface area (Å²) in [4.78, 5) is 11.5. The van der Waals surface area contributed by atoms with Crippen LogP contribution in [0.15, 0.2) is 18.2 Å². The van der Waals surface area contributed by atoms with Gasteiger partial charge in [0.1, 0.15) is 5.75 Å². The molecule has 5 nitrogen and oxygen atoms in total. The number of rotatable bonds is 5. The van der Waals surface area contributed by atoms with Gasteiger partial charge in [-0.25, -0.2) is 0 Å². The summed E-state index contributed by atoms with van der Waals surface area (Å²) < 4.78 is 5.46.